The molecule has 0 fully saturated rings. The molecule has 0 radical (unpaired) electrons. The van der Waals surface area contributed by atoms with Gasteiger partial charge in [0.05, 0.1) is 5.60 Å². The van der Waals surface area contributed by atoms with Crippen LogP contribution in [0.1, 0.15) is 48.5 Å². The Morgan fingerprint density at radius 3 is 2.33 bits per heavy atom. The Kier molecular flexibility index (Phi) is 3.78. The quantitative estimate of drug-likeness (QED) is 0.730. The first-order valence-corrected chi connectivity index (χ1v) is 6.32. The van der Waals surface area contributed by atoms with Crippen molar-refractivity contribution in [1.29, 1.82) is 0 Å². The summed E-state index contributed by atoms with van der Waals surface area (Å²) in [4.78, 5) is 12.1. The van der Waals surface area contributed by atoms with Crippen molar-refractivity contribution in [2.45, 2.75) is 59.7 Å². The van der Waals surface area contributed by atoms with Crippen molar-refractivity contribution in [2.75, 3.05) is 0 Å². The molecule has 1 aliphatic rings. The van der Waals surface area contributed by atoms with Crippen LogP contribution in [-0.4, -0.2) is 22.3 Å². The third kappa shape index (κ3) is 2.83. The maximum atomic E-state index is 12.1. The summed E-state index contributed by atoms with van der Waals surface area (Å²) in [7, 11) is 0. The SMILES string of the molecule is CC1=C(C)C(C)(O)C(C)C(C(=O)OC(C)(C)C)=C1. The molecule has 0 amide bonds. The average molecular weight is 252 g/mol. The highest BCUT2D eigenvalue weighted by atomic mass is 16.6. The van der Waals surface area contributed by atoms with Gasteiger partial charge in [0.2, 0.25) is 0 Å². The van der Waals surface area contributed by atoms with Crippen molar-refractivity contribution in [2.24, 2.45) is 5.92 Å². The average Bonchev–Trinajstić information content (AvgIpc) is 2.18. The maximum Gasteiger partial charge on any atom is 0.334 e. The number of hydrogen-bond acceptors (Lipinski definition) is 3. The number of carbonyl (C=O) groups excluding carboxylic acids is 1. The summed E-state index contributed by atoms with van der Waals surface area (Å²) in [5, 5.41) is 10.5. The van der Waals surface area contributed by atoms with E-state index in [-0.39, 0.29) is 11.9 Å². The van der Waals surface area contributed by atoms with Gasteiger partial charge in [0.25, 0.3) is 0 Å². The zero-order valence-electron chi connectivity index (χ0n) is 12.4. The Morgan fingerprint density at radius 1 is 1.39 bits per heavy atom. The molecular formula is C15H24O3. The fourth-order valence-corrected chi connectivity index (χ4v) is 2.07. The van der Waals surface area contributed by atoms with Crippen LogP contribution in [0.4, 0.5) is 0 Å². The predicted molar refractivity (Wildman–Crippen MR) is 72.1 cm³/mol. The number of rotatable bonds is 1. The van der Waals surface area contributed by atoms with Crippen LogP contribution >= 0.6 is 0 Å². The lowest BCUT2D eigenvalue weighted by Crippen LogP contribution is -2.41. The second-order valence-corrected chi connectivity index (χ2v) is 6.28. The molecule has 0 aromatic carbocycles. The van der Waals surface area contributed by atoms with Crippen molar-refractivity contribution in [3.05, 3.63) is 22.8 Å². The molecule has 102 valence electrons. The van der Waals surface area contributed by atoms with E-state index in [1.165, 1.54) is 0 Å². The normalized spacial score (nSPS) is 29.1. The molecule has 0 aliphatic heterocycles. The molecule has 2 atom stereocenters. The molecule has 1 N–H and O–H groups in total. The van der Waals surface area contributed by atoms with E-state index in [0.29, 0.717) is 5.57 Å². The molecule has 2 unspecified atom stereocenters. The van der Waals surface area contributed by atoms with Crippen molar-refractivity contribution in [3.8, 4) is 0 Å². The third-order valence-corrected chi connectivity index (χ3v) is 3.67. The number of ether oxygens (including phenoxy) is 1. The molecule has 0 spiro atoms. The lowest BCUT2D eigenvalue weighted by molar-refractivity contribution is -0.151. The Hall–Kier alpha value is -1.09. The van der Waals surface area contributed by atoms with Gasteiger partial charge in [0.1, 0.15) is 5.60 Å². The highest BCUT2D eigenvalue weighted by molar-refractivity contribution is 5.90. The van der Waals surface area contributed by atoms with Crippen LogP contribution in [0.15, 0.2) is 22.8 Å². The highest BCUT2D eigenvalue weighted by Gasteiger charge is 2.40. The second kappa shape index (κ2) is 4.54. The molecule has 3 heteroatoms. The van der Waals surface area contributed by atoms with Crippen LogP contribution in [0, 0.1) is 5.92 Å². The number of hydrogen-bond donors (Lipinski definition) is 1. The first kappa shape index (κ1) is 15.0. The predicted octanol–water partition coefficient (Wildman–Crippen LogP) is 2.99. The minimum absolute atomic E-state index is 0.268. The summed E-state index contributed by atoms with van der Waals surface area (Å²) in [6, 6.07) is 0. The van der Waals surface area contributed by atoms with Gasteiger partial charge in [-0.1, -0.05) is 6.92 Å². The van der Waals surface area contributed by atoms with E-state index >= 15 is 0 Å². The first-order valence-electron chi connectivity index (χ1n) is 6.32. The molecule has 3 nitrogen and oxygen atoms in total. The van der Waals surface area contributed by atoms with Gasteiger partial charge in [0.15, 0.2) is 0 Å². The van der Waals surface area contributed by atoms with Crippen LogP contribution in [0.25, 0.3) is 0 Å². The van der Waals surface area contributed by atoms with Crippen LogP contribution in [0.3, 0.4) is 0 Å². The minimum Gasteiger partial charge on any atom is -0.457 e. The van der Waals surface area contributed by atoms with E-state index in [0.717, 1.165) is 11.1 Å². The van der Waals surface area contributed by atoms with Gasteiger partial charge in [-0.25, -0.2) is 4.79 Å². The maximum absolute atomic E-state index is 12.1. The minimum atomic E-state index is -0.995. The molecule has 1 aliphatic carbocycles. The lowest BCUT2D eigenvalue weighted by atomic mass is 9.74. The summed E-state index contributed by atoms with van der Waals surface area (Å²) >= 11 is 0. The molecule has 0 saturated carbocycles. The zero-order chi connectivity index (χ0) is 14.3. The Bertz CT molecular complexity index is 420. The van der Waals surface area contributed by atoms with E-state index in [2.05, 4.69) is 0 Å². The fraction of sp³-hybridized carbons (Fsp3) is 0.667. The van der Waals surface area contributed by atoms with Gasteiger partial charge in [-0.2, -0.15) is 0 Å². The Labute approximate surface area is 110 Å². The first-order chi connectivity index (χ1) is 7.97. The van der Waals surface area contributed by atoms with E-state index < -0.39 is 11.2 Å². The molecular weight excluding hydrogens is 228 g/mol. The van der Waals surface area contributed by atoms with Gasteiger partial charge < -0.3 is 9.84 Å². The fourth-order valence-electron chi connectivity index (χ4n) is 2.07. The van der Waals surface area contributed by atoms with Gasteiger partial charge in [0, 0.05) is 11.5 Å². The van der Waals surface area contributed by atoms with Gasteiger partial charge >= 0.3 is 5.97 Å². The van der Waals surface area contributed by atoms with Crippen molar-refractivity contribution >= 4 is 5.97 Å². The van der Waals surface area contributed by atoms with Crippen molar-refractivity contribution < 1.29 is 14.6 Å². The van der Waals surface area contributed by atoms with Gasteiger partial charge in [-0.3, -0.25) is 0 Å². The molecule has 0 heterocycles. The van der Waals surface area contributed by atoms with E-state index in [1.807, 2.05) is 47.6 Å². The molecule has 18 heavy (non-hydrogen) atoms. The number of carbonyl (C=O) groups is 1. The smallest absolute Gasteiger partial charge is 0.334 e. The number of aliphatic hydroxyl groups is 1. The molecule has 0 aromatic rings. The van der Waals surface area contributed by atoms with Gasteiger partial charge in [-0.05, 0) is 58.8 Å². The summed E-state index contributed by atoms with van der Waals surface area (Å²) < 4.78 is 5.38. The lowest BCUT2D eigenvalue weighted by Gasteiger charge is -2.37. The second-order valence-electron chi connectivity index (χ2n) is 6.28. The zero-order valence-corrected chi connectivity index (χ0v) is 12.4. The molecule has 0 saturated heterocycles. The Balaban J connectivity index is 3.11. The number of esters is 1. The van der Waals surface area contributed by atoms with E-state index in [4.69, 9.17) is 4.74 Å². The van der Waals surface area contributed by atoms with Crippen LogP contribution in [0.2, 0.25) is 0 Å². The summed E-state index contributed by atoms with van der Waals surface area (Å²) in [6.45, 7) is 12.9. The van der Waals surface area contributed by atoms with Crippen molar-refractivity contribution in [3.63, 3.8) is 0 Å². The van der Waals surface area contributed by atoms with E-state index in [9.17, 15) is 9.90 Å². The summed E-state index contributed by atoms with van der Waals surface area (Å²) in [5.74, 6) is -0.613. The van der Waals surface area contributed by atoms with Crippen molar-refractivity contribution in [1.82, 2.24) is 0 Å². The van der Waals surface area contributed by atoms with Crippen LogP contribution in [-0.2, 0) is 9.53 Å². The standard InChI is InChI=1S/C15H24O3/c1-9-8-12(13(16)18-14(4,5)6)11(3)15(7,17)10(9)2/h8,11,17H,1-7H3. The third-order valence-electron chi connectivity index (χ3n) is 3.67. The molecule has 1 rings (SSSR count). The van der Waals surface area contributed by atoms with Crippen LogP contribution < -0.4 is 0 Å². The van der Waals surface area contributed by atoms with Crippen LogP contribution in [0.5, 0.6) is 0 Å². The van der Waals surface area contributed by atoms with E-state index in [1.54, 1.807) is 6.92 Å². The highest BCUT2D eigenvalue weighted by Crippen LogP contribution is 2.38. The summed E-state index contributed by atoms with van der Waals surface area (Å²) in [6.07, 6.45) is 1.83. The van der Waals surface area contributed by atoms with Gasteiger partial charge in [-0.15, -0.1) is 0 Å². The number of allylic oxidation sites excluding steroid dienone is 2. The molecule has 0 aromatic heterocycles. The Morgan fingerprint density at radius 2 is 1.89 bits per heavy atom. The molecule has 0 bridgehead atoms. The summed E-state index contributed by atoms with van der Waals surface area (Å²) in [5.41, 5.74) is 0.859. The monoisotopic (exact) mass is 252 g/mol. The largest absolute Gasteiger partial charge is 0.457 e. The topological polar surface area (TPSA) is 46.5 Å².